The zero-order chi connectivity index (χ0) is 9.26. The van der Waals surface area contributed by atoms with Gasteiger partial charge in [0.25, 0.3) is 0 Å². The topological polar surface area (TPSA) is 23.8 Å². The lowest BCUT2D eigenvalue weighted by molar-refractivity contribution is 1.42. The van der Waals surface area contributed by atoms with Gasteiger partial charge >= 0.3 is 0 Å². The average Bonchev–Trinajstić information content (AvgIpc) is 2.41. The van der Waals surface area contributed by atoms with Gasteiger partial charge < -0.3 is 0 Å². The summed E-state index contributed by atoms with van der Waals surface area (Å²) in [6.07, 6.45) is 7.47. The Balaban J connectivity index is 2.74. The van der Waals surface area contributed by atoms with Crippen molar-refractivity contribution in [3.8, 4) is 6.07 Å². The van der Waals surface area contributed by atoms with Gasteiger partial charge in [0.15, 0.2) is 0 Å². The maximum Gasteiger partial charge on any atom is 0.110 e. The number of hydrogen-bond donors (Lipinski definition) is 0. The van der Waals surface area contributed by atoms with Crippen molar-refractivity contribution in [3.63, 3.8) is 0 Å². The number of rotatable bonds is 0. The Morgan fingerprint density at radius 2 is 2.31 bits per heavy atom. The number of nitrogens with zero attached hydrogens (tertiary/aromatic N) is 1. The van der Waals surface area contributed by atoms with E-state index in [0.29, 0.717) is 0 Å². The van der Waals surface area contributed by atoms with E-state index in [4.69, 9.17) is 5.26 Å². The third-order valence-electron chi connectivity index (χ3n) is 2.04. The molecule has 0 fully saturated rings. The first kappa shape index (κ1) is 8.28. The van der Waals surface area contributed by atoms with Crippen molar-refractivity contribution in [2.45, 2.75) is 13.3 Å². The van der Waals surface area contributed by atoms with Crippen LogP contribution in [0.15, 0.2) is 17.7 Å². The Kier molecular flexibility index (Phi) is 2.03. The second-order valence-corrected chi connectivity index (χ2v) is 4.16. The molecule has 0 radical (unpaired) electrons. The molecule has 64 valence electrons. The predicted octanol–water partition coefficient (Wildman–Crippen LogP) is 1.53. The monoisotopic (exact) mass is 187 g/mol. The average molecular weight is 187 g/mol. The molecule has 0 aromatic carbocycles. The highest BCUT2D eigenvalue weighted by molar-refractivity contribution is 7.10. The molecule has 1 nitrogen and oxygen atoms in total. The van der Waals surface area contributed by atoms with Crippen LogP contribution in [0.2, 0.25) is 0 Å². The second-order valence-electron chi connectivity index (χ2n) is 3.07. The molecule has 0 saturated carbocycles. The smallest absolute Gasteiger partial charge is 0.110 e. The van der Waals surface area contributed by atoms with E-state index in [1.54, 1.807) is 11.3 Å². The Labute approximate surface area is 80.9 Å². The van der Waals surface area contributed by atoms with Crippen molar-refractivity contribution in [1.29, 1.82) is 5.26 Å². The van der Waals surface area contributed by atoms with E-state index in [2.05, 4.69) is 31.2 Å². The summed E-state index contributed by atoms with van der Waals surface area (Å²) in [5.74, 6) is 0. The van der Waals surface area contributed by atoms with E-state index in [-0.39, 0.29) is 0 Å². The maximum absolute atomic E-state index is 8.74. The normalized spacial score (nSPS) is 14.3. The molecule has 2 rings (SSSR count). The number of nitriles is 1. The molecule has 1 aliphatic carbocycles. The lowest BCUT2D eigenvalue weighted by Crippen LogP contribution is -2.16. The highest BCUT2D eigenvalue weighted by Gasteiger charge is 1.98. The predicted molar refractivity (Wildman–Crippen MR) is 55.6 cm³/mol. The molecule has 0 N–H and O–H groups in total. The highest BCUT2D eigenvalue weighted by Crippen LogP contribution is 2.04. The Hall–Kier alpha value is -1.33. The zero-order valence-electron chi connectivity index (χ0n) is 7.37. The van der Waals surface area contributed by atoms with Gasteiger partial charge in [0.05, 0.1) is 0 Å². The fraction of sp³-hybridized carbons (Fsp3) is 0.182. The van der Waals surface area contributed by atoms with E-state index >= 15 is 0 Å². The molecule has 13 heavy (non-hydrogen) atoms. The van der Waals surface area contributed by atoms with Crippen LogP contribution >= 0.6 is 11.3 Å². The summed E-state index contributed by atoms with van der Waals surface area (Å²) in [4.78, 5) is 0.798. The van der Waals surface area contributed by atoms with Crippen LogP contribution in [0.3, 0.4) is 0 Å². The molecular weight excluding hydrogens is 178 g/mol. The summed E-state index contributed by atoms with van der Waals surface area (Å²) in [7, 11) is 0. The van der Waals surface area contributed by atoms with E-state index in [1.807, 2.05) is 6.07 Å². The molecule has 0 spiro atoms. The molecule has 0 aliphatic heterocycles. The van der Waals surface area contributed by atoms with Crippen LogP contribution in [-0.4, -0.2) is 0 Å². The van der Waals surface area contributed by atoms with Crippen LogP contribution in [0.4, 0.5) is 0 Å². The molecule has 0 bridgehead atoms. The molecule has 0 amide bonds. The van der Waals surface area contributed by atoms with Crippen LogP contribution in [0.1, 0.15) is 18.2 Å². The molecule has 0 atom stereocenters. The molecule has 1 aliphatic rings. The van der Waals surface area contributed by atoms with Crippen molar-refractivity contribution in [3.05, 3.63) is 32.3 Å². The maximum atomic E-state index is 8.74. The SMILES string of the molecule is CC1=CCC=c2cc(C#N)sc2=C1. The van der Waals surface area contributed by atoms with Gasteiger partial charge in [-0.05, 0) is 30.7 Å². The Bertz CT molecular complexity index is 511. The summed E-state index contributed by atoms with van der Waals surface area (Å²) >= 11 is 1.56. The molecule has 0 saturated heterocycles. The minimum Gasteiger partial charge on any atom is -0.192 e. The van der Waals surface area contributed by atoms with Crippen molar-refractivity contribution >= 4 is 23.5 Å². The Morgan fingerprint density at radius 1 is 1.46 bits per heavy atom. The molecular formula is C11H9NS. The number of fused-ring (bicyclic) bond motifs is 1. The van der Waals surface area contributed by atoms with Gasteiger partial charge in [-0.1, -0.05) is 17.7 Å². The first-order valence-corrected chi connectivity index (χ1v) is 5.00. The number of allylic oxidation sites excluding steroid dienone is 2. The third kappa shape index (κ3) is 1.56. The fourth-order valence-electron chi connectivity index (χ4n) is 1.38. The van der Waals surface area contributed by atoms with Gasteiger partial charge in [-0.15, -0.1) is 11.3 Å². The zero-order valence-corrected chi connectivity index (χ0v) is 8.19. The lowest BCUT2D eigenvalue weighted by Gasteiger charge is -1.84. The van der Waals surface area contributed by atoms with E-state index in [0.717, 1.165) is 11.3 Å². The van der Waals surface area contributed by atoms with Crippen LogP contribution in [0.25, 0.3) is 12.2 Å². The standard InChI is InChI=1S/C11H9NS/c1-8-3-2-4-9-6-10(7-12)13-11(9)5-8/h3-6H,2H2,1H3. The molecule has 1 aromatic rings. The van der Waals surface area contributed by atoms with Gasteiger partial charge in [0.1, 0.15) is 10.9 Å². The van der Waals surface area contributed by atoms with E-state index < -0.39 is 0 Å². The fourth-order valence-corrected chi connectivity index (χ4v) is 2.36. The van der Waals surface area contributed by atoms with E-state index in [9.17, 15) is 0 Å². The van der Waals surface area contributed by atoms with Gasteiger partial charge in [-0.2, -0.15) is 5.26 Å². The summed E-state index contributed by atoms with van der Waals surface area (Å²) in [6, 6.07) is 4.14. The Morgan fingerprint density at radius 3 is 3.08 bits per heavy atom. The summed E-state index contributed by atoms with van der Waals surface area (Å²) in [6.45, 7) is 2.09. The quantitative estimate of drug-likeness (QED) is 0.604. The number of thiophene rings is 1. The first-order valence-electron chi connectivity index (χ1n) is 4.18. The van der Waals surface area contributed by atoms with Crippen molar-refractivity contribution in [1.82, 2.24) is 0 Å². The third-order valence-corrected chi connectivity index (χ3v) is 3.04. The summed E-state index contributed by atoms with van der Waals surface area (Å²) < 4.78 is 1.21. The summed E-state index contributed by atoms with van der Waals surface area (Å²) in [5.41, 5.74) is 1.28. The first-order chi connectivity index (χ1) is 6.29. The molecule has 2 heteroatoms. The summed E-state index contributed by atoms with van der Waals surface area (Å²) in [5, 5.41) is 9.94. The van der Waals surface area contributed by atoms with Crippen LogP contribution in [-0.2, 0) is 0 Å². The van der Waals surface area contributed by atoms with E-state index in [1.165, 1.54) is 15.3 Å². The van der Waals surface area contributed by atoms with Crippen molar-refractivity contribution < 1.29 is 0 Å². The minimum absolute atomic E-state index is 0.798. The second kappa shape index (κ2) is 3.20. The van der Waals surface area contributed by atoms with Crippen LogP contribution in [0.5, 0.6) is 0 Å². The minimum atomic E-state index is 0.798. The van der Waals surface area contributed by atoms with Gasteiger partial charge in [-0.25, -0.2) is 0 Å². The van der Waals surface area contributed by atoms with Gasteiger partial charge in [0, 0.05) is 4.53 Å². The van der Waals surface area contributed by atoms with Gasteiger partial charge in [-0.3, -0.25) is 0 Å². The van der Waals surface area contributed by atoms with Crippen molar-refractivity contribution in [2.75, 3.05) is 0 Å². The van der Waals surface area contributed by atoms with Crippen LogP contribution in [0, 0.1) is 11.3 Å². The van der Waals surface area contributed by atoms with Gasteiger partial charge in [0.2, 0.25) is 0 Å². The molecule has 1 heterocycles. The number of hydrogen-bond acceptors (Lipinski definition) is 2. The van der Waals surface area contributed by atoms with Crippen LogP contribution < -0.4 is 9.75 Å². The largest absolute Gasteiger partial charge is 0.192 e. The highest BCUT2D eigenvalue weighted by atomic mass is 32.1. The lowest BCUT2D eigenvalue weighted by atomic mass is 10.2. The molecule has 1 aromatic heterocycles. The van der Waals surface area contributed by atoms with Crippen molar-refractivity contribution in [2.24, 2.45) is 0 Å². The molecule has 0 unspecified atom stereocenters.